The van der Waals surface area contributed by atoms with Gasteiger partial charge in [-0.25, -0.2) is 0 Å². The highest BCUT2D eigenvalue weighted by molar-refractivity contribution is 5.77. The summed E-state index contributed by atoms with van der Waals surface area (Å²) in [6.07, 6.45) is 5.64. The Hall–Kier alpha value is -1.01. The number of carbonyl (C=O) groups is 1. The summed E-state index contributed by atoms with van der Waals surface area (Å²) in [6, 6.07) is 0. The largest absolute Gasteiger partial charge is 0.391 e. The number of terminal acetylenes is 1. The zero-order chi connectivity index (χ0) is 8.27. The third kappa shape index (κ3) is 1.95. The van der Waals surface area contributed by atoms with E-state index < -0.39 is 0 Å². The van der Waals surface area contributed by atoms with E-state index in [0.29, 0.717) is 25.9 Å². The molecule has 60 valence electrons. The third-order valence-electron chi connectivity index (χ3n) is 1.76. The van der Waals surface area contributed by atoms with Gasteiger partial charge in [0.2, 0.25) is 5.91 Å². The predicted molar refractivity (Wildman–Crippen MR) is 40.7 cm³/mol. The number of β-amino-alcohol motifs (C(OH)–C–C–N with tert-alkyl or cyclic N) is 1. The van der Waals surface area contributed by atoms with Crippen LogP contribution in [0.2, 0.25) is 0 Å². The molecule has 0 aromatic heterocycles. The molecule has 1 saturated heterocycles. The van der Waals surface area contributed by atoms with E-state index in [-0.39, 0.29) is 12.0 Å². The van der Waals surface area contributed by atoms with Gasteiger partial charge < -0.3 is 10.0 Å². The number of aliphatic hydroxyl groups excluding tert-OH is 1. The Kier molecular flexibility index (Phi) is 2.50. The molecule has 1 aliphatic heterocycles. The summed E-state index contributed by atoms with van der Waals surface area (Å²) in [4.78, 5) is 12.6. The Balaban J connectivity index is 2.49. The first kappa shape index (κ1) is 8.09. The van der Waals surface area contributed by atoms with Crippen molar-refractivity contribution in [1.82, 2.24) is 4.90 Å². The summed E-state index contributed by atoms with van der Waals surface area (Å²) >= 11 is 0. The molecule has 0 saturated carbocycles. The van der Waals surface area contributed by atoms with E-state index in [1.54, 1.807) is 0 Å². The lowest BCUT2D eigenvalue weighted by Crippen LogP contribution is -2.42. The molecule has 1 atom stereocenters. The molecule has 0 spiro atoms. The second-order valence-electron chi connectivity index (χ2n) is 2.67. The van der Waals surface area contributed by atoms with Crippen LogP contribution < -0.4 is 0 Å². The molecule has 0 radical (unpaired) electrons. The smallest absolute Gasteiger partial charge is 0.223 e. The number of hydrogen-bond acceptors (Lipinski definition) is 2. The van der Waals surface area contributed by atoms with E-state index in [1.807, 2.05) is 0 Å². The average Bonchev–Trinajstić information content (AvgIpc) is 1.98. The maximum atomic E-state index is 11.0. The van der Waals surface area contributed by atoms with Crippen LogP contribution in [0.4, 0.5) is 0 Å². The molecule has 1 amide bonds. The third-order valence-corrected chi connectivity index (χ3v) is 1.76. The van der Waals surface area contributed by atoms with Crippen molar-refractivity contribution in [2.75, 3.05) is 13.1 Å². The van der Waals surface area contributed by atoms with Crippen molar-refractivity contribution in [1.29, 1.82) is 0 Å². The van der Waals surface area contributed by atoms with Crippen molar-refractivity contribution < 1.29 is 9.90 Å². The van der Waals surface area contributed by atoms with Gasteiger partial charge in [0.15, 0.2) is 0 Å². The number of piperidine rings is 1. The lowest BCUT2D eigenvalue weighted by atomic mass is 10.1. The normalized spacial score (nSPS) is 24.9. The van der Waals surface area contributed by atoms with E-state index >= 15 is 0 Å². The summed E-state index contributed by atoms with van der Waals surface area (Å²) < 4.78 is 0. The van der Waals surface area contributed by atoms with Crippen LogP contribution in [0.5, 0.6) is 0 Å². The summed E-state index contributed by atoms with van der Waals surface area (Å²) in [5.41, 5.74) is 0. The molecule has 0 aromatic carbocycles. The van der Waals surface area contributed by atoms with Gasteiger partial charge in [0.05, 0.1) is 12.6 Å². The van der Waals surface area contributed by atoms with Crippen molar-refractivity contribution in [3.05, 3.63) is 0 Å². The van der Waals surface area contributed by atoms with Gasteiger partial charge in [0.25, 0.3) is 0 Å². The molecular weight excluding hydrogens is 142 g/mol. The lowest BCUT2D eigenvalue weighted by Gasteiger charge is -2.28. The first-order valence-electron chi connectivity index (χ1n) is 3.63. The topological polar surface area (TPSA) is 40.5 Å². The molecule has 0 aliphatic carbocycles. The van der Waals surface area contributed by atoms with Crippen molar-refractivity contribution in [3.8, 4) is 12.3 Å². The molecule has 1 heterocycles. The number of hydrogen-bond donors (Lipinski definition) is 1. The second kappa shape index (κ2) is 3.40. The minimum Gasteiger partial charge on any atom is -0.391 e. The Morgan fingerprint density at radius 1 is 1.82 bits per heavy atom. The van der Waals surface area contributed by atoms with Gasteiger partial charge in [-0.2, -0.15) is 0 Å². The standard InChI is InChI=1S/C8H11NO2/c1-2-5-9-6-7(10)3-4-8(9)11/h1,7,10H,3-6H2. The molecule has 3 heteroatoms. The van der Waals surface area contributed by atoms with Crippen LogP contribution in [0, 0.1) is 12.3 Å². The number of likely N-dealkylation sites (tertiary alicyclic amines) is 1. The average molecular weight is 153 g/mol. The molecule has 1 rings (SSSR count). The van der Waals surface area contributed by atoms with Crippen molar-refractivity contribution in [3.63, 3.8) is 0 Å². The Morgan fingerprint density at radius 3 is 3.18 bits per heavy atom. The number of amides is 1. The van der Waals surface area contributed by atoms with E-state index in [4.69, 9.17) is 11.5 Å². The van der Waals surface area contributed by atoms with Gasteiger partial charge in [-0.3, -0.25) is 4.79 Å². The molecular formula is C8H11NO2. The van der Waals surface area contributed by atoms with Gasteiger partial charge in [-0.15, -0.1) is 6.42 Å². The molecule has 1 N–H and O–H groups in total. The fourth-order valence-corrected chi connectivity index (χ4v) is 1.16. The van der Waals surface area contributed by atoms with Gasteiger partial charge in [0.1, 0.15) is 0 Å². The van der Waals surface area contributed by atoms with Crippen LogP contribution in [0.1, 0.15) is 12.8 Å². The zero-order valence-corrected chi connectivity index (χ0v) is 6.29. The van der Waals surface area contributed by atoms with Crippen LogP contribution in [-0.4, -0.2) is 35.1 Å². The van der Waals surface area contributed by atoms with Gasteiger partial charge >= 0.3 is 0 Å². The summed E-state index contributed by atoms with van der Waals surface area (Å²) in [5, 5.41) is 9.16. The van der Waals surface area contributed by atoms with Crippen LogP contribution in [-0.2, 0) is 4.79 Å². The maximum absolute atomic E-state index is 11.0. The molecule has 0 aromatic rings. The SMILES string of the molecule is C#CCN1CC(O)CCC1=O. The summed E-state index contributed by atoms with van der Waals surface area (Å²) in [5.74, 6) is 2.43. The molecule has 3 nitrogen and oxygen atoms in total. The van der Waals surface area contributed by atoms with Crippen molar-refractivity contribution in [2.45, 2.75) is 18.9 Å². The van der Waals surface area contributed by atoms with Crippen LogP contribution in [0.15, 0.2) is 0 Å². The highest BCUT2D eigenvalue weighted by atomic mass is 16.3. The summed E-state index contributed by atoms with van der Waals surface area (Å²) in [7, 11) is 0. The number of aliphatic hydroxyl groups is 1. The fraction of sp³-hybridized carbons (Fsp3) is 0.625. The molecule has 11 heavy (non-hydrogen) atoms. The molecule has 1 fully saturated rings. The Morgan fingerprint density at radius 2 is 2.55 bits per heavy atom. The van der Waals surface area contributed by atoms with Crippen LogP contribution >= 0.6 is 0 Å². The molecule has 0 bridgehead atoms. The Labute approximate surface area is 66.0 Å². The Bertz CT molecular complexity index is 195. The first-order valence-corrected chi connectivity index (χ1v) is 3.63. The molecule has 1 unspecified atom stereocenters. The molecule has 1 aliphatic rings. The van der Waals surface area contributed by atoms with E-state index in [9.17, 15) is 4.79 Å². The van der Waals surface area contributed by atoms with Crippen molar-refractivity contribution >= 4 is 5.91 Å². The van der Waals surface area contributed by atoms with Gasteiger partial charge in [0, 0.05) is 13.0 Å². The minimum atomic E-state index is -0.388. The van der Waals surface area contributed by atoms with Gasteiger partial charge in [-0.1, -0.05) is 5.92 Å². The highest BCUT2D eigenvalue weighted by Crippen LogP contribution is 2.10. The van der Waals surface area contributed by atoms with E-state index in [2.05, 4.69) is 5.92 Å². The lowest BCUT2D eigenvalue weighted by molar-refractivity contribution is -0.135. The maximum Gasteiger partial charge on any atom is 0.223 e. The minimum absolute atomic E-state index is 0.0493. The number of nitrogens with zero attached hydrogens (tertiary/aromatic N) is 1. The highest BCUT2D eigenvalue weighted by Gasteiger charge is 2.22. The van der Waals surface area contributed by atoms with E-state index in [1.165, 1.54) is 4.90 Å². The zero-order valence-electron chi connectivity index (χ0n) is 6.29. The number of rotatable bonds is 1. The van der Waals surface area contributed by atoms with Crippen LogP contribution in [0.3, 0.4) is 0 Å². The van der Waals surface area contributed by atoms with Gasteiger partial charge in [-0.05, 0) is 6.42 Å². The monoisotopic (exact) mass is 153 g/mol. The van der Waals surface area contributed by atoms with Crippen molar-refractivity contribution in [2.24, 2.45) is 0 Å². The van der Waals surface area contributed by atoms with E-state index in [0.717, 1.165) is 0 Å². The fourth-order valence-electron chi connectivity index (χ4n) is 1.16. The summed E-state index contributed by atoms with van der Waals surface area (Å²) in [6.45, 7) is 0.707. The first-order chi connectivity index (χ1) is 5.24. The second-order valence-corrected chi connectivity index (χ2v) is 2.67. The number of carbonyl (C=O) groups excluding carboxylic acids is 1. The predicted octanol–water partition coefficient (Wildman–Crippen LogP) is -0.397. The van der Waals surface area contributed by atoms with Crippen LogP contribution in [0.25, 0.3) is 0 Å². The quantitative estimate of drug-likeness (QED) is 0.521.